The largest absolute Gasteiger partial charge is 0.423 e. The smallest absolute Gasteiger partial charge is 0.336 e. The van der Waals surface area contributed by atoms with Gasteiger partial charge in [-0.15, -0.1) is 0 Å². The van der Waals surface area contributed by atoms with Crippen molar-refractivity contribution in [2.45, 2.75) is 6.16 Å². The fourth-order valence-electron chi connectivity index (χ4n) is 1.80. The number of hydrogen-bond acceptors (Lipinski definition) is 6. The van der Waals surface area contributed by atoms with E-state index in [4.69, 9.17) is 19.9 Å². The summed E-state index contributed by atoms with van der Waals surface area (Å²) in [7, 11) is -2.15. The summed E-state index contributed by atoms with van der Waals surface area (Å²) in [5, 5.41) is 3.13. The molecule has 20 heavy (non-hydrogen) atoms. The minimum absolute atomic E-state index is 0.0219. The van der Waals surface area contributed by atoms with E-state index in [2.05, 4.69) is 5.32 Å². The molecule has 8 heteroatoms. The lowest BCUT2D eigenvalue weighted by atomic mass is 10.1. The number of anilines is 1. The maximum Gasteiger partial charge on any atom is 0.336 e. The van der Waals surface area contributed by atoms with Crippen molar-refractivity contribution < 1.29 is 19.0 Å². The van der Waals surface area contributed by atoms with Gasteiger partial charge in [0.25, 0.3) is 0 Å². The van der Waals surface area contributed by atoms with Crippen molar-refractivity contribution in [3.05, 3.63) is 40.2 Å². The van der Waals surface area contributed by atoms with Gasteiger partial charge in [-0.3, -0.25) is 4.79 Å². The third-order valence-electron chi connectivity index (χ3n) is 2.61. The summed E-state index contributed by atoms with van der Waals surface area (Å²) >= 11 is 0. The van der Waals surface area contributed by atoms with Gasteiger partial charge < -0.3 is 25.3 Å². The molecule has 0 aliphatic rings. The van der Waals surface area contributed by atoms with Gasteiger partial charge in [-0.1, -0.05) is 0 Å². The predicted molar refractivity (Wildman–Crippen MR) is 75.2 cm³/mol. The maximum absolute atomic E-state index is 11.4. The quantitative estimate of drug-likeness (QED) is 0.480. The van der Waals surface area contributed by atoms with E-state index < -0.39 is 14.0 Å². The lowest BCUT2D eigenvalue weighted by Gasteiger charge is -2.08. The Morgan fingerprint density at radius 2 is 2.10 bits per heavy atom. The molecule has 0 saturated heterocycles. The van der Waals surface area contributed by atoms with Gasteiger partial charge in [0.05, 0.1) is 6.54 Å². The Bertz CT molecular complexity index is 698. The first-order valence-corrected chi connectivity index (χ1v) is 7.15. The molecule has 0 saturated carbocycles. The van der Waals surface area contributed by atoms with Crippen LogP contribution >= 0.6 is 8.38 Å². The highest BCUT2D eigenvalue weighted by atomic mass is 31.2. The van der Waals surface area contributed by atoms with Gasteiger partial charge >= 0.3 is 5.63 Å². The molecule has 1 aromatic heterocycles. The third kappa shape index (κ3) is 3.40. The number of carbonyl (C=O) groups is 1. The van der Waals surface area contributed by atoms with E-state index in [-0.39, 0.29) is 24.2 Å². The molecule has 0 atom stereocenters. The van der Waals surface area contributed by atoms with Crippen LogP contribution < -0.4 is 16.7 Å². The Morgan fingerprint density at radius 3 is 2.75 bits per heavy atom. The Morgan fingerprint density at radius 1 is 1.35 bits per heavy atom. The molecule has 0 unspecified atom stereocenters. The van der Waals surface area contributed by atoms with Crippen LogP contribution in [0, 0.1) is 0 Å². The zero-order chi connectivity index (χ0) is 14.7. The molecule has 1 heterocycles. The van der Waals surface area contributed by atoms with Crippen LogP contribution in [0.5, 0.6) is 0 Å². The Hall–Kier alpha value is -1.79. The number of hydrogen-bond donors (Lipinski definition) is 4. The number of benzene rings is 1. The fourth-order valence-corrected chi connectivity index (χ4v) is 2.37. The first-order chi connectivity index (χ1) is 9.49. The molecule has 2 rings (SSSR count). The highest BCUT2D eigenvalue weighted by molar-refractivity contribution is 7.44. The number of carbonyl (C=O) groups excluding carboxylic acids is 1. The van der Waals surface area contributed by atoms with E-state index >= 15 is 0 Å². The lowest BCUT2D eigenvalue weighted by molar-refractivity contribution is -0.114. The molecular formula is C12H13N2O5P. The van der Waals surface area contributed by atoms with Crippen molar-refractivity contribution in [3.63, 3.8) is 0 Å². The number of amides is 1. The topological polar surface area (TPSA) is 126 Å². The average molecular weight is 296 g/mol. The van der Waals surface area contributed by atoms with Gasteiger partial charge in [0.1, 0.15) is 5.58 Å². The number of fused-ring (bicyclic) bond motifs is 1. The molecule has 0 radical (unpaired) electrons. The molecule has 0 aliphatic carbocycles. The van der Waals surface area contributed by atoms with E-state index in [1.807, 2.05) is 0 Å². The van der Waals surface area contributed by atoms with Crippen molar-refractivity contribution in [2.24, 2.45) is 5.73 Å². The highest BCUT2D eigenvalue weighted by Gasteiger charge is 2.10. The molecule has 0 fully saturated rings. The normalized spacial score (nSPS) is 11.0. The third-order valence-corrected chi connectivity index (χ3v) is 3.23. The van der Waals surface area contributed by atoms with Gasteiger partial charge in [0, 0.05) is 29.4 Å². The molecule has 0 bridgehead atoms. The summed E-state index contributed by atoms with van der Waals surface area (Å²) in [5.41, 5.74) is 5.81. The van der Waals surface area contributed by atoms with Crippen LogP contribution in [-0.2, 0) is 11.0 Å². The molecule has 2 aromatic rings. The summed E-state index contributed by atoms with van der Waals surface area (Å²) in [4.78, 5) is 40.8. The van der Waals surface area contributed by atoms with E-state index in [0.29, 0.717) is 16.6 Å². The van der Waals surface area contributed by atoms with Crippen LogP contribution in [0.25, 0.3) is 11.0 Å². The summed E-state index contributed by atoms with van der Waals surface area (Å²) < 4.78 is 5.05. The Labute approximate surface area is 114 Å². The fraction of sp³-hybridized carbons (Fsp3) is 0.167. The SMILES string of the molecule is NCC(=O)Nc1ccc2c(CP(O)O)cc(=O)oc2c1. The summed E-state index contributed by atoms with van der Waals surface area (Å²) in [6, 6.07) is 5.97. The average Bonchev–Trinajstić information content (AvgIpc) is 2.37. The molecule has 1 aromatic carbocycles. The highest BCUT2D eigenvalue weighted by Crippen LogP contribution is 2.32. The Kier molecular flexibility index (Phi) is 4.46. The number of nitrogens with one attached hydrogen (secondary N) is 1. The minimum atomic E-state index is -2.15. The molecule has 0 aliphatic heterocycles. The monoisotopic (exact) mass is 296 g/mol. The molecule has 1 amide bonds. The van der Waals surface area contributed by atoms with Crippen LogP contribution in [0.15, 0.2) is 33.5 Å². The van der Waals surface area contributed by atoms with Crippen molar-refractivity contribution >= 4 is 30.9 Å². The number of rotatable bonds is 4. The summed E-state index contributed by atoms with van der Waals surface area (Å²) in [6.07, 6.45) is -0.0219. The van der Waals surface area contributed by atoms with E-state index in [1.54, 1.807) is 12.1 Å². The van der Waals surface area contributed by atoms with Gasteiger partial charge in [-0.05, 0) is 17.7 Å². The van der Waals surface area contributed by atoms with Gasteiger partial charge in [0.15, 0.2) is 8.38 Å². The van der Waals surface area contributed by atoms with Gasteiger partial charge in [-0.25, -0.2) is 4.79 Å². The zero-order valence-corrected chi connectivity index (χ0v) is 11.3. The Balaban J connectivity index is 2.47. The second kappa shape index (κ2) is 6.11. The van der Waals surface area contributed by atoms with Crippen molar-refractivity contribution in [1.29, 1.82) is 0 Å². The molecule has 5 N–H and O–H groups in total. The number of nitrogens with two attached hydrogens (primary N) is 1. The zero-order valence-electron chi connectivity index (χ0n) is 10.4. The summed E-state index contributed by atoms with van der Waals surface area (Å²) in [5.74, 6) is -0.364. The standard InChI is InChI=1S/C12H13N2O5P/c13-5-11(15)14-8-1-2-9-7(6-20(17)18)3-12(16)19-10(9)4-8/h1-4,17-18H,5-6,13H2,(H,14,15). The van der Waals surface area contributed by atoms with Gasteiger partial charge in [-0.2, -0.15) is 0 Å². The molecule has 106 valence electrons. The van der Waals surface area contributed by atoms with Crippen LogP contribution in [0.1, 0.15) is 5.56 Å². The minimum Gasteiger partial charge on any atom is -0.423 e. The second-order valence-electron chi connectivity index (χ2n) is 4.08. The molecular weight excluding hydrogens is 283 g/mol. The van der Waals surface area contributed by atoms with E-state index in [0.717, 1.165) is 0 Å². The van der Waals surface area contributed by atoms with Crippen LogP contribution in [-0.4, -0.2) is 22.2 Å². The van der Waals surface area contributed by atoms with E-state index in [9.17, 15) is 9.59 Å². The first-order valence-electron chi connectivity index (χ1n) is 5.71. The van der Waals surface area contributed by atoms with Crippen LogP contribution in [0.3, 0.4) is 0 Å². The lowest BCUT2D eigenvalue weighted by Crippen LogP contribution is -2.21. The second-order valence-corrected chi connectivity index (χ2v) is 5.15. The molecule has 7 nitrogen and oxygen atoms in total. The van der Waals surface area contributed by atoms with E-state index in [1.165, 1.54) is 12.1 Å². The van der Waals surface area contributed by atoms with Crippen molar-refractivity contribution in [3.8, 4) is 0 Å². The summed E-state index contributed by atoms with van der Waals surface area (Å²) in [6.45, 7) is -0.151. The molecule has 0 spiro atoms. The van der Waals surface area contributed by atoms with Crippen molar-refractivity contribution in [1.82, 2.24) is 0 Å². The van der Waals surface area contributed by atoms with Crippen molar-refractivity contribution in [2.75, 3.05) is 11.9 Å². The maximum atomic E-state index is 11.4. The predicted octanol–water partition coefficient (Wildman–Crippen LogP) is 0.487. The van der Waals surface area contributed by atoms with Gasteiger partial charge in [0.2, 0.25) is 5.91 Å². The van der Waals surface area contributed by atoms with Crippen LogP contribution in [0.4, 0.5) is 5.69 Å². The first kappa shape index (κ1) is 14.6. The van der Waals surface area contributed by atoms with Crippen LogP contribution in [0.2, 0.25) is 0 Å².